The minimum Gasteiger partial charge on any atom is -0.466 e. The highest BCUT2D eigenvalue weighted by Gasteiger charge is 2.13. The molecule has 0 spiro atoms. The maximum absolute atomic E-state index is 13.1. The second kappa shape index (κ2) is 37.5. The molecule has 49 heavy (non-hydrogen) atoms. The first-order valence-corrected chi connectivity index (χ1v) is 21.2. The summed E-state index contributed by atoms with van der Waals surface area (Å²) in [5.41, 5.74) is 0. The summed E-state index contributed by atoms with van der Waals surface area (Å²) < 4.78 is 10.8. The topological polar surface area (TPSA) is 76.1 Å². The summed E-state index contributed by atoms with van der Waals surface area (Å²) in [4.78, 5) is 41.3. The molecule has 1 amide bonds. The van der Waals surface area contributed by atoms with Crippen LogP contribution in [-0.4, -0.2) is 86.1 Å². The van der Waals surface area contributed by atoms with Gasteiger partial charge >= 0.3 is 11.9 Å². The summed E-state index contributed by atoms with van der Waals surface area (Å²) in [6.45, 7) is 8.02. The molecule has 0 atom stereocenters. The quantitative estimate of drug-likeness (QED) is 0.0364. The first kappa shape index (κ1) is 47.2. The van der Waals surface area contributed by atoms with Crippen LogP contribution in [0, 0.1) is 0 Å². The molecule has 0 radical (unpaired) electrons. The summed E-state index contributed by atoms with van der Waals surface area (Å²) >= 11 is 1.74. The number of allylic oxidation sites excluding steroid dienone is 4. The zero-order valence-corrected chi connectivity index (χ0v) is 33.2. The van der Waals surface area contributed by atoms with Crippen molar-refractivity contribution in [2.24, 2.45) is 0 Å². The second-order valence-corrected chi connectivity index (χ2v) is 14.7. The van der Waals surface area contributed by atoms with Crippen LogP contribution in [0.3, 0.4) is 0 Å². The third kappa shape index (κ3) is 35.8. The number of esters is 2. The van der Waals surface area contributed by atoms with E-state index < -0.39 is 0 Å². The van der Waals surface area contributed by atoms with Crippen LogP contribution < -0.4 is 0 Å². The monoisotopic (exact) mass is 709 g/mol. The van der Waals surface area contributed by atoms with Gasteiger partial charge in [0.15, 0.2) is 0 Å². The number of hydrogen-bond acceptors (Lipinski definition) is 7. The Hall–Kier alpha value is -1.80. The van der Waals surface area contributed by atoms with Gasteiger partial charge in [0.05, 0.1) is 19.0 Å². The minimum atomic E-state index is -0.107. The number of ether oxygens (including phenoxy) is 2. The molecular weight excluding hydrogens is 633 g/mol. The van der Waals surface area contributed by atoms with Crippen LogP contribution >= 0.6 is 11.8 Å². The SMILES string of the molecule is CCCCCC/C=C\CCC(=O)OCCCCCCN(CCCCCCOC(=O)CC/C=C\CCCCCC)C(=O)CSCCCN(C)C. The summed E-state index contributed by atoms with van der Waals surface area (Å²) in [6, 6.07) is 0. The van der Waals surface area contributed by atoms with Crippen molar-refractivity contribution < 1.29 is 23.9 Å². The third-order valence-electron chi connectivity index (χ3n) is 8.46. The number of carbonyl (C=O) groups excluding carboxylic acids is 3. The van der Waals surface area contributed by atoms with Crippen molar-refractivity contribution in [3.05, 3.63) is 24.3 Å². The Morgan fingerprint density at radius 3 is 1.45 bits per heavy atom. The average molecular weight is 709 g/mol. The van der Waals surface area contributed by atoms with E-state index in [0.717, 1.165) is 109 Å². The van der Waals surface area contributed by atoms with Gasteiger partial charge in [-0.3, -0.25) is 14.4 Å². The number of amides is 1. The van der Waals surface area contributed by atoms with Crippen LogP contribution in [-0.2, 0) is 23.9 Å². The molecule has 0 aromatic carbocycles. The molecule has 286 valence electrons. The van der Waals surface area contributed by atoms with Gasteiger partial charge in [-0.1, -0.05) is 89.5 Å². The van der Waals surface area contributed by atoms with E-state index in [4.69, 9.17) is 9.47 Å². The molecule has 0 fully saturated rings. The maximum atomic E-state index is 13.1. The molecule has 0 heterocycles. The molecule has 0 rings (SSSR count). The fourth-order valence-corrected chi connectivity index (χ4v) is 6.21. The summed E-state index contributed by atoms with van der Waals surface area (Å²) in [6.07, 6.45) is 32.2. The fraction of sp³-hybridized carbons (Fsp3) is 0.829. The third-order valence-corrected chi connectivity index (χ3v) is 9.48. The Bertz CT molecular complexity index is 781. The largest absolute Gasteiger partial charge is 0.466 e. The van der Waals surface area contributed by atoms with Gasteiger partial charge in [-0.05, 0) is 110 Å². The Morgan fingerprint density at radius 2 is 0.980 bits per heavy atom. The average Bonchev–Trinajstić information content (AvgIpc) is 3.08. The maximum Gasteiger partial charge on any atom is 0.306 e. The molecule has 0 saturated carbocycles. The van der Waals surface area contributed by atoms with Crippen molar-refractivity contribution in [3.63, 3.8) is 0 Å². The molecule has 8 heteroatoms. The molecule has 0 aromatic heterocycles. The van der Waals surface area contributed by atoms with Crippen molar-refractivity contribution in [2.75, 3.05) is 58.4 Å². The van der Waals surface area contributed by atoms with E-state index in [9.17, 15) is 14.4 Å². The van der Waals surface area contributed by atoms with E-state index in [-0.39, 0.29) is 17.8 Å². The van der Waals surface area contributed by atoms with Crippen molar-refractivity contribution in [2.45, 2.75) is 162 Å². The van der Waals surface area contributed by atoms with E-state index in [1.54, 1.807) is 11.8 Å². The van der Waals surface area contributed by atoms with Gasteiger partial charge in [0.25, 0.3) is 0 Å². The van der Waals surface area contributed by atoms with Gasteiger partial charge in [-0.2, -0.15) is 11.8 Å². The first-order chi connectivity index (χ1) is 23.9. The zero-order valence-electron chi connectivity index (χ0n) is 32.4. The van der Waals surface area contributed by atoms with Crippen molar-refractivity contribution >= 4 is 29.6 Å². The number of thioether (sulfide) groups is 1. The van der Waals surface area contributed by atoms with Gasteiger partial charge in [-0.25, -0.2) is 0 Å². The lowest BCUT2D eigenvalue weighted by molar-refractivity contribution is -0.144. The van der Waals surface area contributed by atoms with Crippen LogP contribution in [0.4, 0.5) is 0 Å². The van der Waals surface area contributed by atoms with E-state index in [2.05, 4.69) is 57.1 Å². The number of carbonyl (C=O) groups is 3. The van der Waals surface area contributed by atoms with Crippen LogP contribution in [0.25, 0.3) is 0 Å². The van der Waals surface area contributed by atoms with Gasteiger partial charge in [-0.15, -0.1) is 0 Å². The van der Waals surface area contributed by atoms with E-state index in [1.807, 2.05) is 4.90 Å². The van der Waals surface area contributed by atoms with Crippen LogP contribution in [0.5, 0.6) is 0 Å². The highest BCUT2D eigenvalue weighted by Crippen LogP contribution is 2.11. The summed E-state index contributed by atoms with van der Waals surface area (Å²) in [7, 11) is 4.16. The van der Waals surface area contributed by atoms with E-state index in [0.29, 0.717) is 31.8 Å². The Kier molecular flexibility index (Phi) is 36.1. The lowest BCUT2D eigenvalue weighted by Crippen LogP contribution is -2.34. The Labute approximate surface area is 306 Å². The molecule has 0 saturated heterocycles. The molecule has 0 aromatic rings. The van der Waals surface area contributed by atoms with Gasteiger partial charge in [0, 0.05) is 25.9 Å². The van der Waals surface area contributed by atoms with Gasteiger partial charge in [0.1, 0.15) is 0 Å². The predicted molar refractivity (Wildman–Crippen MR) is 210 cm³/mol. The highest BCUT2D eigenvalue weighted by atomic mass is 32.2. The zero-order chi connectivity index (χ0) is 36.0. The van der Waals surface area contributed by atoms with E-state index >= 15 is 0 Å². The Balaban J connectivity index is 4.17. The normalized spacial score (nSPS) is 11.6. The fourth-order valence-electron chi connectivity index (χ4n) is 5.38. The number of rotatable bonds is 36. The highest BCUT2D eigenvalue weighted by molar-refractivity contribution is 7.99. The number of unbranched alkanes of at least 4 members (excludes halogenated alkanes) is 14. The number of nitrogens with zero attached hydrogens (tertiary/aromatic N) is 2. The molecule has 0 bridgehead atoms. The molecule has 0 unspecified atom stereocenters. The summed E-state index contributed by atoms with van der Waals surface area (Å²) in [5.74, 6) is 1.57. The smallest absolute Gasteiger partial charge is 0.306 e. The Morgan fingerprint density at radius 1 is 0.531 bits per heavy atom. The molecule has 0 aliphatic rings. The van der Waals surface area contributed by atoms with Crippen molar-refractivity contribution in [3.8, 4) is 0 Å². The molecule has 0 N–H and O–H groups in total. The van der Waals surface area contributed by atoms with Crippen molar-refractivity contribution in [1.29, 1.82) is 0 Å². The first-order valence-electron chi connectivity index (χ1n) is 20.0. The second-order valence-electron chi connectivity index (χ2n) is 13.6. The van der Waals surface area contributed by atoms with Gasteiger partial charge in [0.2, 0.25) is 5.91 Å². The lowest BCUT2D eigenvalue weighted by atomic mass is 10.1. The molecule has 0 aliphatic heterocycles. The molecular formula is C41H76N2O5S. The molecule has 0 aliphatic carbocycles. The lowest BCUT2D eigenvalue weighted by Gasteiger charge is -2.23. The minimum absolute atomic E-state index is 0.107. The van der Waals surface area contributed by atoms with Crippen LogP contribution in [0.15, 0.2) is 24.3 Å². The van der Waals surface area contributed by atoms with Crippen molar-refractivity contribution in [1.82, 2.24) is 9.80 Å². The predicted octanol–water partition coefficient (Wildman–Crippen LogP) is 10.3. The van der Waals surface area contributed by atoms with Gasteiger partial charge < -0.3 is 19.3 Å². The standard InChI is InChI=1S/C41H76N2O5S/c1-5-7-9-11-13-15-17-23-30-40(45)47-35-27-21-19-25-33-43(39(44)38-49-37-29-32-42(3)4)34-26-20-22-28-36-48-41(46)31-24-18-16-14-12-10-8-6-2/h15-18H,5-14,19-38H2,1-4H3/b17-15-,18-16-. The summed E-state index contributed by atoms with van der Waals surface area (Å²) in [5, 5.41) is 0. The van der Waals surface area contributed by atoms with E-state index in [1.165, 1.54) is 51.4 Å². The van der Waals surface area contributed by atoms with Crippen LogP contribution in [0.2, 0.25) is 0 Å². The van der Waals surface area contributed by atoms with Crippen LogP contribution in [0.1, 0.15) is 162 Å². The number of hydrogen-bond donors (Lipinski definition) is 0. The molecule has 7 nitrogen and oxygen atoms in total.